The number of halogens is 2. The highest BCUT2D eigenvalue weighted by atomic mass is 79.9. The summed E-state index contributed by atoms with van der Waals surface area (Å²) in [6.45, 7) is 0. The first kappa shape index (κ1) is 18.9. The average Bonchev–Trinajstić information content (AvgIpc) is 3.29. The van der Waals surface area contributed by atoms with E-state index in [2.05, 4.69) is 26.1 Å². The zero-order chi connectivity index (χ0) is 20.8. The molecule has 30 heavy (non-hydrogen) atoms. The number of amides is 1. The first-order chi connectivity index (χ1) is 14.5. The molecule has 0 saturated heterocycles. The Labute approximate surface area is 186 Å². The van der Waals surface area contributed by atoms with Crippen LogP contribution >= 0.6 is 27.5 Å². The van der Waals surface area contributed by atoms with E-state index in [9.17, 15) is 9.90 Å². The molecule has 0 aliphatic carbocycles. The molecular weight excluding hydrogens is 466 g/mol. The number of H-pyrrole nitrogens is 1. The zero-order valence-electron chi connectivity index (χ0n) is 15.5. The van der Waals surface area contributed by atoms with Crippen molar-refractivity contribution in [2.24, 2.45) is 0 Å². The molecule has 1 atom stereocenters. The summed E-state index contributed by atoms with van der Waals surface area (Å²) in [7, 11) is 0. The van der Waals surface area contributed by atoms with Crippen LogP contribution in [0.25, 0.3) is 11.3 Å². The van der Waals surface area contributed by atoms with Crippen molar-refractivity contribution in [2.75, 3.05) is 4.90 Å². The molecule has 148 valence electrons. The molecule has 3 aromatic carbocycles. The van der Waals surface area contributed by atoms with Gasteiger partial charge in [0.1, 0.15) is 11.4 Å². The van der Waals surface area contributed by atoms with E-state index in [1.54, 1.807) is 29.2 Å². The number of aromatic hydroxyl groups is 1. The molecule has 1 aliphatic rings. The lowest BCUT2D eigenvalue weighted by atomic mass is 9.96. The van der Waals surface area contributed by atoms with E-state index < -0.39 is 6.04 Å². The summed E-state index contributed by atoms with van der Waals surface area (Å²) in [5.41, 5.74) is 4.50. The summed E-state index contributed by atoms with van der Waals surface area (Å²) in [4.78, 5) is 15.1. The fourth-order valence-corrected chi connectivity index (χ4v) is 4.21. The number of hydrogen-bond acceptors (Lipinski definition) is 3. The van der Waals surface area contributed by atoms with Crippen molar-refractivity contribution in [1.29, 1.82) is 0 Å². The van der Waals surface area contributed by atoms with Crippen molar-refractivity contribution < 1.29 is 9.90 Å². The summed E-state index contributed by atoms with van der Waals surface area (Å²) >= 11 is 9.52. The SMILES string of the molecule is O=C1c2[nH]nc(-c3ccc(Br)cc3)c2[C@H](c2ccc(O)cc2)N1c1ccc(Cl)cc1. The average molecular weight is 481 g/mol. The number of rotatable bonds is 3. The third-order valence-corrected chi connectivity index (χ3v) is 5.98. The lowest BCUT2D eigenvalue weighted by molar-refractivity contribution is 0.0989. The standard InChI is InChI=1S/C23H15BrClN3O2/c24-15-5-1-13(2-6-15)20-19-21(27-26-20)23(30)28(17-9-7-16(25)8-10-17)22(19)14-3-11-18(29)12-4-14/h1-12,22,29H,(H,26,27)/t22-/m0/s1. The monoisotopic (exact) mass is 479 g/mol. The van der Waals surface area contributed by atoms with Gasteiger partial charge < -0.3 is 5.11 Å². The van der Waals surface area contributed by atoms with Crippen LogP contribution in [0.2, 0.25) is 5.02 Å². The Kier molecular flexibility index (Phi) is 4.60. The number of phenolic OH excluding ortho intramolecular Hbond substituents is 1. The third kappa shape index (κ3) is 3.09. The summed E-state index contributed by atoms with van der Waals surface area (Å²) in [5.74, 6) is 0.00271. The van der Waals surface area contributed by atoms with Gasteiger partial charge in [0.25, 0.3) is 5.91 Å². The van der Waals surface area contributed by atoms with Gasteiger partial charge in [-0.3, -0.25) is 14.8 Å². The number of nitrogens with zero attached hydrogens (tertiary/aromatic N) is 2. The Bertz CT molecular complexity index is 1240. The minimum Gasteiger partial charge on any atom is -0.508 e. The number of aromatic amines is 1. The van der Waals surface area contributed by atoms with Crippen LogP contribution in [0.1, 0.15) is 27.7 Å². The maximum atomic E-state index is 13.4. The Morgan fingerprint density at radius 1 is 0.967 bits per heavy atom. The summed E-state index contributed by atoms with van der Waals surface area (Å²) in [6, 6.07) is 21.5. The molecule has 0 bridgehead atoms. The van der Waals surface area contributed by atoms with Gasteiger partial charge in [-0.1, -0.05) is 51.8 Å². The summed E-state index contributed by atoms with van der Waals surface area (Å²) in [6.07, 6.45) is 0. The van der Waals surface area contributed by atoms with E-state index in [1.807, 2.05) is 48.5 Å². The van der Waals surface area contributed by atoms with Crippen molar-refractivity contribution in [3.05, 3.63) is 99.1 Å². The van der Waals surface area contributed by atoms with Gasteiger partial charge >= 0.3 is 0 Å². The Morgan fingerprint density at radius 3 is 2.30 bits per heavy atom. The molecule has 7 heteroatoms. The number of nitrogens with one attached hydrogen (secondary N) is 1. The van der Waals surface area contributed by atoms with Crippen LogP contribution in [0.5, 0.6) is 5.75 Å². The van der Waals surface area contributed by atoms with Gasteiger partial charge in [0.2, 0.25) is 0 Å². The Morgan fingerprint density at radius 2 is 1.63 bits per heavy atom. The molecule has 1 amide bonds. The molecule has 5 rings (SSSR count). The van der Waals surface area contributed by atoms with Crippen LogP contribution in [0.3, 0.4) is 0 Å². The minimum atomic E-state index is -0.397. The molecule has 5 nitrogen and oxygen atoms in total. The number of phenols is 1. The second-order valence-corrected chi connectivity index (χ2v) is 8.37. The van der Waals surface area contributed by atoms with Gasteiger partial charge in [0, 0.05) is 26.3 Å². The normalized spacial score (nSPS) is 15.5. The van der Waals surface area contributed by atoms with Crippen LogP contribution in [-0.2, 0) is 0 Å². The highest BCUT2D eigenvalue weighted by molar-refractivity contribution is 9.10. The molecule has 0 spiro atoms. The maximum Gasteiger partial charge on any atom is 0.277 e. The van der Waals surface area contributed by atoms with Crippen molar-refractivity contribution >= 4 is 39.1 Å². The lowest BCUT2D eigenvalue weighted by Crippen LogP contribution is -2.29. The van der Waals surface area contributed by atoms with Crippen LogP contribution in [0.4, 0.5) is 5.69 Å². The molecule has 4 aromatic rings. The van der Waals surface area contributed by atoms with Crippen molar-refractivity contribution in [3.63, 3.8) is 0 Å². The van der Waals surface area contributed by atoms with E-state index in [4.69, 9.17) is 11.6 Å². The topological polar surface area (TPSA) is 69.2 Å². The first-order valence-corrected chi connectivity index (χ1v) is 10.4. The van der Waals surface area contributed by atoms with Crippen molar-refractivity contribution in [3.8, 4) is 17.0 Å². The van der Waals surface area contributed by atoms with Gasteiger partial charge in [-0.15, -0.1) is 0 Å². The van der Waals surface area contributed by atoms with Crippen molar-refractivity contribution in [1.82, 2.24) is 10.2 Å². The number of hydrogen-bond donors (Lipinski definition) is 2. The van der Waals surface area contributed by atoms with Crippen LogP contribution in [0.15, 0.2) is 77.3 Å². The fraction of sp³-hybridized carbons (Fsp3) is 0.0435. The number of fused-ring (bicyclic) bond motifs is 1. The number of anilines is 1. The minimum absolute atomic E-state index is 0.166. The Balaban J connectivity index is 1.71. The molecule has 0 radical (unpaired) electrons. The quantitative estimate of drug-likeness (QED) is 0.381. The smallest absolute Gasteiger partial charge is 0.277 e. The highest BCUT2D eigenvalue weighted by Crippen LogP contribution is 2.45. The molecule has 0 saturated carbocycles. The largest absolute Gasteiger partial charge is 0.508 e. The predicted octanol–water partition coefficient (Wildman–Crippen LogP) is 5.95. The molecule has 1 aromatic heterocycles. The van der Waals surface area contributed by atoms with Crippen molar-refractivity contribution in [2.45, 2.75) is 6.04 Å². The molecular formula is C23H15BrClN3O2. The van der Waals surface area contributed by atoms with E-state index >= 15 is 0 Å². The second kappa shape index (κ2) is 7.31. The van der Waals surface area contributed by atoms with Gasteiger partial charge in [-0.05, 0) is 54.1 Å². The van der Waals surface area contributed by atoms with Crippen LogP contribution in [-0.4, -0.2) is 21.2 Å². The third-order valence-electron chi connectivity index (χ3n) is 5.20. The summed E-state index contributed by atoms with van der Waals surface area (Å²) < 4.78 is 0.965. The number of benzene rings is 3. The van der Waals surface area contributed by atoms with E-state index in [-0.39, 0.29) is 11.7 Å². The molecule has 2 N–H and O–H groups in total. The predicted molar refractivity (Wildman–Crippen MR) is 120 cm³/mol. The Hall–Kier alpha value is -3.09. The molecule has 0 unspecified atom stereocenters. The highest BCUT2D eigenvalue weighted by Gasteiger charge is 2.43. The summed E-state index contributed by atoms with van der Waals surface area (Å²) in [5, 5.41) is 17.8. The van der Waals surface area contributed by atoms with Gasteiger partial charge in [-0.25, -0.2) is 0 Å². The zero-order valence-corrected chi connectivity index (χ0v) is 17.9. The van der Waals surface area contributed by atoms with Gasteiger partial charge in [0.05, 0.1) is 11.7 Å². The van der Waals surface area contributed by atoms with E-state index in [1.165, 1.54) is 0 Å². The molecule has 2 heterocycles. The molecule has 0 fully saturated rings. The molecule has 1 aliphatic heterocycles. The van der Waals surface area contributed by atoms with E-state index in [0.29, 0.717) is 10.7 Å². The second-order valence-electron chi connectivity index (χ2n) is 7.01. The lowest BCUT2D eigenvalue weighted by Gasteiger charge is -2.26. The van der Waals surface area contributed by atoms with Crippen LogP contribution in [0, 0.1) is 0 Å². The van der Waals surface area contributed by atoms with Gasteiger partial charge in [0.15, 0.2) is 0 Å². The van der Waals surface area contributed by atoms with Crippen LogP contribution < -0.4 is 4.90 Å². The number of aromatic nitrogens is 2. The first-order valence-electron chi connectivity index (χ1n) is 9.25. The number of carbonyl (C=O) groups excluding carboxylic acids is 1. The maximum absolute atomic E-state index is 13.4. The fourth-order valence-electron chi connectivity index (χ4n) is 3.81. The van der Waals surface area contributed by atoms with Gasteiger partial charge in [-0.2, -0.15) is 5.10 Å². The van der Waals surface area contributed by atoms with E-state index in [0.717, 1.165) is 32.5 Å². The number of carbonyl (C=O) groups is 1.